The average Bonchev–Trinajstić information content (AvgIpc) is 3.04. The van der Waals surface area contributed by atoms with Crippen molar-refractivity contribution in [1.29, 1.82) is 0 Å². The second-order valence-electron chi connectivity index (χ2n) is 7.71. The fourth-order valence-electron chi connectivity index (χ4n) is 3.12. The van der Waals surface area contributed by atoms with Crippen LogP contribution in [0.3, 0.4) is 0 Å². The molecular formula is C24H23ClO4S2. The van der Waals surface area contributed by atoms with Gasteiger partial charge in [0.25, 0.3) is 0 Å². The minimum absolute atomic E-state index is 0.153. The molecule has 0 saturated heterocycles. The van der Waals surface area contributed by atoms with Crippen molar-refractivity contribution in [1.82, 2.24) is 0 Å². The molecule has 0 aliphatic rings. The van der Waals surface area contributed by atoms with E-state index in [-0.39, 0.29) is 5.78 Å². The van der Waals surface area contributed by atoms with Crippen molar-refractivity contribution in [3.05, 3.63) is 63.0 Å². The fraction of sp³-hybridized carbons (Fsp3) is 0.250. The first-order valence-corrected chi connectivity index (χ1v) is 12.0. The predicted octanol–water partition coefficient (Wildman–Crippen LogP) is 7.03. The lowest BCUT2D eigenvalue weighted by Crippen LogP contribution is -2.38. The van der Waals surface area contributed by atoms with E-state index < -0.39 is 11.6 Å². The second-order valence-corrected chi connectivity index (χ2v) is 10.0. The Balaban J connectivity index is 1.86. The lowest BCUT2D eigenvalue weighted by atomic mass is 10.0. The number of halogens is 1. The van der Waals surface area contributed by atoms with Gasteiger partial charge in [0, 0.05) is 15.0 Å². The van der Waals surface area contributed by atoms with Gasteiger partial charge in [-0.3, -0.25) is 4.79 Å². The van der Waals surface area contributed by atoms with Crippen LogP contribution in [0.2, 0.25) is 5.02 Å². The highest BCUT2D eigenvalue weighted by molar-refractivity contribution is 7.98. The maximum absolute atomic E-state index is 12.8. The van der Waals surface area contributed by atoms with E-state index in [0.717, 1.165) is 31.7 Å². The maximum Gasteiger partial charge on any atom is 0.347 e. The van der Waals surface area contributed by atoms with Gasteiger partial charge >= 0.3 is 5.97 Å². The predicted molar refractivity (Wildman–Crippen MR) is 130 cm³/mol. The summed E-state index contributed by atoms with van der Waals surface area (Å²) >= 11 is 9.51. The van der Waals surface area contributed by atoms with E-state index >= 15 is 0 Å². The minimum atomic E-state index is -1.34. The van der Waals surface area contributed by atoms with Crippen molar-refractivity contribution >= 4 is 62.6 Å². The minimum Gasteiger partial charge on any atom is -0.478 e. The zero-order valence-corrected chi connectivity index (χ0v) is 20.3. The third kappa shape index (κ3) is 4.97. The Morgan fingerprint density at radius 3 is 2.39 bits per heavy atom. The van der Waals surface area contributed by atoms with Crippen LogP contribution in [0, 0.1) is 13.8 Å². The highest BCUT2D eigenvalue weighted by Crippen LogP contribution is 2.37. The van der Waals surface area contributed by atoms with Gasteiger partial charge in [-0.1, -0.05) is 23.7 Å². The molecule has 0 radical (unpaired) electrons. The quantitative estimate of drug-likeness (QED) is 0.226. The highest BCUT2D eigenvalue weighted by atomic mass is 35.5. The Hall–Kier alpha value is -2.28. The van der Waals surface area contributed by atoms with Crippen LogP contribution in [-0.4, -0.2) is 28.7 Å². The van der Waals surface area contributed by atoms with Crippen molar-refractivity contribution in [2.24, 2.45) is 0 Å². The standard InChI is InChI=1S/C24H23ClO4S2/c1-13-10-15(11-14(2)21(13)29-24(3,4)23(27)28)6-9-18(26)22-20(25)17-8-7-16(30-5)12-19(17)31-22/h6-12H,1-5H3,(H,27,28)/b9-6+. The lowest BCUT2D eigenvalue weighted by Gasteiger charge is -2.24. The molecule has 3 aromatic rings. The smallest absolute Gasteiger partial charge is 0.347 e. The number of rotatable bonds is 7. The van der Waals surface area contributed by atoms with Gasteiger partial charge in [-0.2, -0.15) is 0 Å². The number of hydrogen-bond acceptors (Lipinski definition) is 5. The Morgan fingerprint density at radius 2 is 1.81 bits per heavy atom. The van der Waals surface area contributed by atoms with E-state index in [9.17, 15) is 14.7 Å². The molecule has 3 rings (SSSR count). The molecule has 0 amide bonds. The van der Waals surface area contributed by atoms with Gasteiger partial charge in [-0.15, -0.1) is 23.1 Å². The largest absolute Gasteiger partial charge is 0.478 e. The molecule has 4 nitrogen and oxygen atoms in total. The number of carbonyl (C=O) groups excluding carboxylic acids is 1. The number of aryl methyl sites for hydroxylation is 2. The summed E-state index contributed by atoms with van der Waals surface area (Å²) < 4.78 is 6.72. The van der Waals surface area contributed by atoms with E-state index in [1.807, 2.05) is 50.4 Å². The first kappa shape index (κ1) is 23.4. The number of ether oxygens (including phenoxy) is 1. The number of carboxylic acid groups (broad SMARTS) is 1. The number of fused-ring (bicyclic) bond motifs is 1. The van der Waals surface area contributed by atoms with Crippen LogP contribution in [-0.2, 0) is 4.79 Å². The van der Waals surface area contributed by atoms with Gasteiger partial charge in [0.15, 0.2) is 11.4 Å². The van der Waals surface area contributed by atoms with Gasteiger partial charge in [-0.25, -0.2) is 4.79 Å². The molecule has 0 atom stereocenters. The summed E-state index contributed by atoms with van der Waals surface area (Å²) in [6.07, 6.45) is 5.26. The van der Waals surface area contributed by atoms with Crippen molar-refractivity contribution in [3.63, 3.8) is 0 Å². The summed E-state index contributed by atoms with van der Waals surface area (Å²) in [5, 5.41) is 10.7. The van der Waals surface area contributed by atoms with E-state index in [0.29, 0.717) is 15.6 Å². The maximum atomic E-state index is 12.8. The average molecular weight is 475 g/mol. The zero-order chi connectivity index (χ0) is 22.9. The van der Waals surface area contributed by atoms with E-state index in [1.165, 1.54) is 31.3 Å². The molecule has 1 aromatic heterocycles. The van der Waals surface area contributed by atoms with Gasteiger partial charge in [0.2, 0.25) is 0 Å². The molecule has 0 unspecified atom stereocenters. The Kier molecular flexibility index (Phi) is 6.84. The van der Waals surface area contributed by atoms with Gasteiger partial charge in [-0.05, 0) is 81.0 Å². The van der Waals surface area contributed by atoms with Crippen LogP contribution in [0.15, 0.2) is 41.3 Å². The van der Waals surface area contributed by atoms with Crippen molar-refractivity contribution in [3.8, 4) is 5.75 Å². The molecule has 2 aromatic carbocycles. The zero-order valence-electron chi connectivity index (χ0n) is 17.9. The monoisotopic (exact) mass is 474 g/mol. The van der Waals surface area contributed by atoms with Crippen LogP contribution in [0.4, 0.5) is 0 Å². The number of aliphatic carboxylic acids is 1. The summed E-state index contributed by atoms with van der Waals surface area (Å²) in [5.74, 6) is -0.654. The first-order chi connectivity index (χ1) is 14.5. The number of allylic oxidation sites excluding steroid dienone is 1. The molecule has 0 saturated carbocycles. The fourth-order valence-corrected chi connectivity index (χ4v) is 5.12. The van der Waals surface area contributed by atoms with E-state index in [1.54, 1.807) is 17.8 Å². The molecule has 31 heavy (non-hydrogen) atoms. The van der Waals surface area contributed by atoms with Crippen LogP contribution < -0.4 is 4.74 Å². The summed E-state index contributed by atoms with van der Waals surface area (Å²) in [5.41, 5.74) is 1.08. The molecule has 7 heteroatoms. The van der Waals surface area contributed by atoms with Crippen molar-refractivity contribution in [2.75, 3.05) is 6.26 Å². The van der Waals surface area contributed by atoms with Crippen molar-refractivity contribution in [2.45, 2.75) is 38.2 Å². The number of thiophene rings is 1. The number of carbonyl (C=O) groups is 2. The number of hydrogen-bond donors (Lipinski definition) is 1. The van der Waals surface area contributed by atoms with Crippen LogP contribution in [0.25, 0.3) is 16.2 Å². The molecule has 0 bridgehead atoms. The summed E-state index contributed by atoms with van der Waals surface area (Å²) in [7, 11) is 0. The van der Waals surface area contributed by atoms with Crippen LogP contribution in [0.5, 0.6) is 5.75 Å². The van der Waals surface area contributed by atoms with E-state index in [4.69, 9.17) is 16.3 Å². The first-order valence-electron chi connectivity index (χ1n) is 9.55. The van der Waals surface area contributed by atoms with Crippen molar-refractivity contribution < 1.29 is 19.4 Å². The highest BCUT2D eigenvalue weighted by Gasteiger charge is 2.30. The third-order valence-corrected chi connectivity index (χ3v) is 7.24. The van der Waals surface area contributed by atoms with E-state index in [2.05, 4.69) is 0 Å². The Bertz CT molecular complexity index is 1180. The number of ketones is 1. The van der Waals surface area contributed by atoms with Gasteiger partial charge in [0.05, 0.1) is 9.90 Å². The molecule has 0 spiro atoms. The third-order valence-electron chi connectivity index (χ3n) is 4.84. The number of benzene rings is 2. The molecule has 1 N–H and O–H groups in total. The second kappa shape index (κ2) is 9.07. The summed E-state index contributed by atoms with van der Waals surface area (Å²) in [6, 6.07) is 9.71. The molecule has 0 aliphatic heterocycles. The van der Waals surface area contributed by atoms with Gasteiger partial charge < -0.3 is 9.84 Å². The molecule has 1 heterocycles. The topological polar surface area (TPSA) is 63.6 Å². The summed E-state index contributed by atoms with van der Waals surface area (Å²) in [4.78, 5) is 25.8. The van der Waals surface area contributed by atoms with Crippen LogP contribution in [0.1, 0.15) is 40.2 Å². The Morgan fingerprint density at radius 1 is 1.16 bits per heavy atom. The van der Waals surface area contributed by atoms with Crippen LogP contribution >= 0.6 is 34.7 Å². The molecular weight excluding hydrogens is 452 g/mol. The molecule has 162 valence electrons. The normalized spacial score (nSPS) is 11.9. The lowest BCUT2D eigenvalue weighted by molar-refractivity contribution is -0.152. The molecule has 0 fully saturated rings. The molecule has 0 aliphatic carbocycles. The summed E-state index contributed by atoms with van der Waals surface area (Å²) in [6.45, 7) is 6.73. The van der Waals surface area contributed by atoms with Gasteiger partial charge in [0.1, 0.15) is 5.75 Å². The Labute approximate surface area is 194 Å². The SMILES string of the molecule is CSc1ccc2c(Cl)c(C(=O)/C=C/c3cc(C)c(OC(C)(C)C(=O)O)c(C)c3)sc2c1. The number of carboxylic acids is 1. The number of thioether (sulfide) groups is 1.